The lowest BCUT2D eigenvalue weighted by molar-refractivity contribution is -0.115. The third-order valence-corrected chi connectivity index (χ3v) is 3.87. The third-order valence-electron chi connectivity index (χ3n) is 3.87. The Hall–Kier alpha value is -2.30. The van der Waals surface area contributed by atoms with Crippen LogP contribution in [0.1, 0.15) is 24.6 Å². The van der Waals surface area contributed by atoms with Crippen molar-refractivity contribution in [2.45, 2.75) is 32.7 Å². The molecule has 1 amide bonds. The topological polar surface area (TPSA) is 58.4 Å². The first-order valence-electron chi connectivity index (χ1n) is 7.21. The zero-order valence-electron chi connectivity index (χ0n) is 12.3. The molecule has 110 valence electrons. The van der Waals surface area contributed by atoms with Gasteiger partial charge in [0.05, 0.1) is 12.2 Å². The zero-order chi connectivity index (χ0) is 14.8. The number of nitrogens with one attached hydrogen (secondary N) is 1. The summed E-state index contributed by atoms with van der Waals surface area (Å²) in [7, 11) is 0. The molecule has 5 heteroatoms. The summed E-state index contributed by atoms with van der Waals surface area (Å²) in [5.41, 5.74) is 3.21. The van der Waals surface area contributed by atoms with Crippen LogP contribution in [0.25, 0.3) is 0 Å². The van der Waals surface area contributed by atoms with E-state index in [2.05, 4.69) is 34.4 Å². The Balaban J connectivity index is 1.73. The SMILES string of the molecule is Cc1cc(NC(=O)CN2c3ccccc3CC[C@@H]2C)on1. The van der Waals surface area contributed by atoms with Gasteiger partial charge in [0.15, 0.2) is 0 Å². The lowest BCUT2D eigenvalue weighted by Crippen LogP contribution is -2.42. The molecule has 1 aromatic carbocycles. The molecule has 0 saturated heterocycles. The second-order valence-corrected chi connectivity index (χ2v) is 5.53. The molecular weight excluding hydrogens is 266 g/mol. The fraction of sp³-hybridized carbons (Fsp3) is 0.375. The minimum atomic E-state index is -0.0882. The zero-order valence-corrected chi connectivity index (χ0v) is 12.3. The van der Waals surface area contributed by atoms with E-state index in [4.69, 9.17) is 4.52 Å². The van der Waals surface area contributed by atoms with Crippen LogP contribution < -0.4 is 10.2 Å². The molecular formula is C16H19N3O2. The molecule has 1 atom stereocenters. The number of anilines is 2. The van der Waals surface area contributed by atoms with Crippen LogP contribution in [0.2, 0.25) is 0 Å². The van der Waals surface area contributed by atoms with Crippen LogP contribution in [-0.2, 0) is 11.2 Å². The van der Waals surface area contributed by atoms with Gasteiger partial charge in [0.1, 0.15) is 0 Å². The maximum Gasteiger partial charge on any atom is 0.246 e. The first-order chi connectivity index (χ1) is 10.1. The van der Waals surface area contributed by atoms with E-state index in [1.165, 1.54) is 5.56 Å². The fourth-order valence-corrected chi connectivity index (χ4v) is 2.76. The summed E-state index contributed by atoms with van der Waals surface area (Å²) in [5, 5.41) is 6.52. The summed E-state index contributed by atoms with van der Waals surface area (Å²) in [6.07, 6.45) is 2.13. The standard InChI is InChI=1S/C16H19N3O2/c1-11-9-16(21-18-11)17-15(20)10-19-12(2)7-8-13-5-3-4-6-14(13)19/h3-6,9,12H,7-8,10H2,1-2H3,(H,17,20)/t12-/m0/s1. The van der Waals surface area contributed by atoms with Gasteiger partial charge in [-0.3, -0.25) is 10.1 Å². The highest BCUT2D eigenvalue weighted by Gasteiger charge is 2.24. The van der Waals surface area contributed by atoms with Crippen molar-refractivity contribution < 1.29 is 9.32 Å². The summed E-state index contributed by atoms with van der Waals surface area (Å²) in [4.78, 5) is 14.4. The summed E-state index contributed by atoms with van der Waals surface area (Å²) >= 11 is 0. The smallest absolute Gasteiger partial charge is 0.246 e. The van der Waals surface area contributed by atoms with Crippen molar-refractivity contribution in [3.05, 3.63) is 41.6 Å². The predicted octanol–water partition coefficient (Wildman–Crippen LogP) is 2.76. The number of hydrogen-bond donors (Lipinski definition) is 1. The van der Waals surface area contributed by atoms with E-state index in [0.717, 1.165) is 24.2 Å². The summed E-state index contributed by atoms with van der Waals surface area (Å²) in [5.74, 6) is 0.310. The first kappa shape index (κ1) is 13.7. The van der Waals surface area contributed by atoms with Crippen LogP contribution >= 0.6 is 0 Å². The average molecular weight is 285 g/mol. The molecule has 0 unspecified atom stereocenters. The molecule has 1 N–H and O–H groups in total. The number of nitrogens with zero attached hydrogens (tertiary/aromatic N) is 2. The first-order valence-corrected chi connectivity index (χ1v) is 7.21. The molecule has 2 aromatic rings. The van der Waals surface area contributed by atoms with Gasteiger partial charge < -0.3 is 9.42 Å². The molecule has 21 heavy (non-hydrogen) atoms. The molecule has 5 nitrogen and oxygen atoms in total. The van der Waals surface area contributed by atoms with Gasteiger partial charge in [-0.15, -0.1) is 0 Å². The number of amides is 1. The molecule has 1 aromatic heterocycles. The maximum atomic E-state index is 12.2. The Morgan fingerprint density at radius 3 is 3.05 bits per heavy atom. The minimum absolute atomic E-state index is 0.0882. The fourth-order valence-electron chi connectivity index (χ4n) is 2.76. The minimum Gasteiger partial charge on any atom is -0.359 e. The van der Waals surface area contributed by atoms with Gasteiger partial charge in [-0.2, -0.15) is 0 Å². The number of para-hydroxylation sites is 1. The Morgan fingerprint density at radius 1 is 1.48 bits per heavy atom. The number of carbonyl (C=O) groups is 1. The largest absolute Gasteiger partial charge is 0.359 e. The van der Waals surface area contributed by atoms with E-state index >= 15 is 0 Å². The number of aromatic nitrogens is 1. The van der Waals surface area contributed by atoms with Crippen LogP contribution in [0, 0.1) is 6.92 Å². The van der Waals surface area contributed by atoms with Crippen LogP contribution in [0.5, 0.6) is 0 Å². The van der Waals surface area contributed by atoms with Crippen LogP contribution in [-0.4, -0.2) is 23.7 Å². The van der Waals surface area contributed by atoms with Gasteiger partial charge >= 0.3 is 0 Å². The van der Waals surface area contributed by atoms with E-state index in [0.29, 0.717) is 18.5 Å². The van der Waals surface area contributed by atoms with Gasteiger partial charge in [0.25, 0.3) is 0 Å². The Kier molecular flexibility index (Phi) is 3.64. The summed E-state index contributed by atoms with van der Waals surface area (Å²) in [6, 6.07) is 10.3. The molecule has 0 saturated carbocycles. The van der Waals surface area contributed by atoms with E-state index in [-0.39, 0.29) is 5.91 Å². The van der Waals surface area contributed by atoms with Crippen LogP contribution in [0.3, 0.4) is 0 Å². The molecule has 2 heterocycles. The Bertz CT molecular complexity index is 650. The molecule has 1 aliphatic heterocycles. The maximum absolute atomic E-state index is 12.2. The van der Waals surface area contributed by atoms with Crippen LogP contribution in [0.4, 0.5) is 11.6 Å². The van der Waals surface area contributed by atoms with E-state index < -0.39 is 0 Å². The van der Waals surface area contributed by atoms with Crippen molar-refractivity contribution in [3.8, 4) is 0 Å². The van der Waals surface area contributed by atoms with E-state index in [1.807, 2.05) is 19.1 Å². The number of hydrogen-bond acceptors (Lipinski definition) is 4. The number of benzene rings is 1. The summed E-state index contributed by atoms with van der Waals surface area (Å²) < 4.78 is 5.02. The Labute approximate surface area is 123 Å². The molecule has 1 aliphatic rings. The number of carbonyl (C=O) groups excluding carboxylic acids is 1. The average Bonchev–Trinajstić information content (AvgIpc) is 2.87. The Morgan fingerprint density at radius 2 is 2.29 bits per heavy atom. The number of rotatable bonds is 3. The van der Waals surface area contributed by atoms with Crippen molar-refractivity contribution in [1.29, 1.82) is 0 Å². The highest BCUT2D eigenvalue weighted by molar-refractivity contribution is 5.93. The quantitative estimate of drug-likeness (QED) is 0.942. The van der Waals surface area contributed by atoms with Gasteiger partial charge in [-0.25, -0.2) is 0 Å². The molecule has 0 spiro atoms. The molecule has 3 rings (SSSR count). The van der Waals surface area contributed by atoms with Gasteiger partial charge in [0, 0.05) is 17.8 Å². The molecule has 0 bridgehead atoms. The number of fused-ring (bicyclic) bond motifs is 1. The molecule has 0 fully saturated rings. The lowest BCUT2D eigenvalue weighted by atomic mass is 9.97. The second-order valence-electron chi connectivity index (χ2n) is 5.53. The molecule has 0 aliphatic carbocycles. The van der Waals surface area contributed by atoms with Crippen LogP contribution in [0.15, 0.2) is 34.9 Å². The van der Waals surface area contributed by atoms with Crippen molar-refractivity contribution in [2.24, 2.45) is 0 Å². The van der Waals surface area contributed by atoms with E-state index in [1.54, 1.807) is 6.07 Å². The molecule has 0 radical (unpaired) electrons. The third kappa shape index (κ3) is 2.91. The van der Waals surface area contributed by atoms with Crippen molar-refractivity contribution in [1.82, 2.24) is 5.16 Å². The lowest BCUT2D eigenvalue weighted by Gasteiger charge is -2.36. The van der Waals surface area contributed by atoms with Crippen molar-refractivity contribution in [3.63, 3.8) is 0 Å². The highest BCUT2D eigenvalue weighted by atomic mass is 16.5. The predicted molar refractivity (Wildman–Crippen MR) is 81.4 cm³/mol. The second kappa shape index (κ2) is 5.60. The van der Waals surface area contributed by atoms with Gasteiger partial charge in [-0.1, -0.05) is 23.4 Å². The monoisotopic (exact) mass is 285 g/mol. The van der Waals surface area contributed by atoms with Crippen molar-refractivity contribution in [2.75, 3.05) is 16.8 Å². The van der Waals surface area contributed by atoms with Gasteiger partial charge in [0.2, 0.25) is 11.8 Å². The number of aryl methyl sites for hydroxylation is 2. The normalized spacial score (nSPS) is 17.4. The van der Waals surface area contributed by atoms with Crippen molar-refractivity contribution >= 4 is 17.5 Å². The van der Waals surface area contributed by atoms with Gasteiger partial charge in [-0.05, 0) is 38.3 Å². The van der Waals surface area contributed by atoms with E-state index in [9.17, 15) is 4.79 Å². The summed E-state index contributed by atoms with van der Waals surface area (Å²) in [6.45, 7) is 4.29. The highest BCUT2D eigenvalue weighted by Crippen LogP contribution is 2.30.